The van der Waals surface area contributed by atoms with E-state index in [0.29, 0.717) is 22.6 Å². The molecule has 2 amide bonds. The maximum absolute atomic E-state index is 12.1. The molecule has 0 fully saturated rings. The maximum atomic E-state index is 12.1. The third kappa shape index (κ3) is 4.42. The topological polar surface area (TPSA) is 80.3 Å². The number of hydrogen-bond acceptors (Lipinski definition) is 4. The van der Waals surface area contributed by atoms with Crippen molar-refractivity contribution in [1.82, 2.24) is 15.8 Å². The van der Waals surface area contributed by atoms with Gasteiger partial charge in [0.1, 0.15) is 11.5 Å². The molecule has 124 valence electrons. The van der Waals surface area contributed by atoms with Gasteiger partial charge in [-0.3, -0.25) is 25.4 Å². The van der Waals surface area contributed by atoms with Crippen LogP contribution >= 0.6 is 0 Å². The maximum Gasteiger partial charge on any atom is 0.269 e. The minimum atomic E-state index is -0.423. The van der Waals surface area contributed by atoms with E-state index in [-0.39, 0.29) is 0 Å². The van der Waals surface area contributed by atoms with Crippen molar-refractivity contribution in [3.63, 3.8) is 0 Å². The second-order valence-electron chi connectivity index (χ2n) is 5.08. The number of aromatic nitrogens is 1. The fraction of sp³-hybridized carbons (Fsp3) is 0. The molecule has 0 bridgehead atoms. The molecule has 2 aromatic carbocycles. The molecule has 1 heterocycles. The lowest BCUT2D eigenvalue weighted by molar-refractivity contribution is 0.0846. The quantitative estimate of drug-likeness (QED) is 0.719. The van der Waals surface area contributed by atoms with E-state index in [1.807, 2.05) is 30.3 Å². The van der Waals surface area contributed by atoms with E-state index in [2.05, 4.69) is 15.8 Å². The zero-order valence-electron chi connectivity index (χ0n) is 13.2. The second kappa shape index (κ2) is 7.74. The van der Waals surface area contributed by atoms with Crippen LogP contribution in [0.25, 0.3) is 0 Å². The number of hydrogen-bond donors (Lipinski definition) is 2. The van der Waals surface area contributed by atoms with Gasteiger partial charge in [0, 0.05) is 23.5 Å². The average Bonchev–Trinajstić information content (AvgIpc) is 2.68. The number of para-hydroxylation sites is 1. The van der Waals surface area contributed by atoms with Gasteiger partial charge in [-0.15, -0.1) is 0 Å². The van der Waals surface area contributed by atoms with E-state index < -0.39 is 11.8 Å². The Hall–Kier alpha value is -3.67. The molecule has 2 N–H and O–H groups in total. The third-order valence-corrected chi connectivity index (χ3v) is 3.33. The number of benzene rings is 2. The van der Waals surface area contributed by atoms with Crippen LogP contribution in [0.2, 0.25) is 0 Å². The summed E-state index contributed by atoms with van der Waals surface area (Å²) >= 11 is 0. The van der Waals surface area contributed by atoms with Crippen molar-refractivity contribution >= 4 is 11.8 Å². The Morgan fingerprint density at radius 3 is 1.80 bits per heavy atom. The van der Waals surface area contributed by atoms with Gasteiger partial charge < -0.3 is 4.74 Å². The first-order valence-corrected chi connectivity index (χ1v) is 7.56. The fourth-order valence-corrected chi connectivity index (χ4v) is 2.06. The van der Waals surface area contributed by atoms with E-state index in [4.69, 9.17) is 4.74 Å². The van der Waals surface area contributed by atoms with Crippen molar-refractivity contribution in [2.45, 2.75) is 0 Å². The van der Waals surface area contributed by atoms with Crippen molar-refractivity contribution in [2.75, 3.05) is 0 Å². The van der Waals surface area contributed by atoms with Gasteiger partial charge in [-0.2, -0.15) is 0 Å². The summed E-state index contributed by atoms with van der Waals surface area (Å²) in [5, 5.41) is 0. The third-order valence-electron chi connectivity index (χ3n) is 3.33. The molecule has 0 aliphatic heterocycles. The molecule has 0 saturated carbocycles. The predicted molar refractivity (Wildman–Crippen MR) is 92.1 cm³/mol. The van der Waals surface area contributed by atoms with Gasteiger partial charge in [-0.1, -0.05) is 18.2 Å². The number of hydrazine groups is 1. The molecule has 25 heavy (non-hydrogen) atoms. The molecule has 6 heteroatoms. The lowest BCUT2D eigenvalue weighted by atomic mass is 10.2. The summed E-state index contributed by atoms with van der Waals surface area (Å²) in [6.07, 6.45) is 3.00. The first-order valence-electron chi connectivity index (χ1n) is 7.56. The molecular weight excluding hydrogens is 318 g/mol. The van der Waals surface area contributed by atoms with Gasteiger partial charge in [0.05, 0.1) is 0 Å². The number of carbonyl (C=O) groups excluding carboxylic acids is 2. The molecule has 0 saturated heterocycles. The molecule has 1 aromatic heterocycles. The summed E-state index contributed by atoms with van der Waals surface area (Å²) in [5.41, 5.74) is 5.52. The summed E-state index contributed by atoms with van der Waals surface area (Å²) in [5.74, 6) is 0.487. The van der Waals surface area contributed by atoms with Gasteiger partial charge in [0.2, 0.25) is 0 Å². The summed E-state index contributed by atoms with van der Waals surface area (Å²) < 4.78 is 5.66. The Labute approximate surface area is 144 Å². The van der Waals surface area contributed by atoms with Gasteiger partial charge in [0.15, 0.2) is 0 Å². The molecule has 0 aliphatic carbocycles. The normalized spacial score (nSPS) is 9.92. The number of nitrogens with zero attached hydrogens (tertiary/aromatic N) is 1. The second-order valence-corrected chi connectivity index (χ2v) is 5.08. The Morgan fingerprint density at radius 2 is 1.20 bits per heavy atom. The van der Waals surface area contributed by atoms with Crippen LogP contribution in [0, 0.1) is 0 Å². The Morgan fingerprint density at radius 1 is 0.680 bits per heavy atom. The molecule has 3 aromatic rings. The highest BCUT2D eigenvalue weighted by Gasteiger charge is 2.09. The summed E-state index contributed by atoms with van der Waals surface area (Å²) in [6.45, 7) is 0. The first-order chi connectivity index (χ1) is 12.2. The highest BCUT2D eigenvalue weighted by Crippen LogP contribution is 2.20. The lowest BCUT2D eigenvalue weighted by Gasteiger charge is -2.08. The van der Waals surface area contributed by atoms with Gasteiger partial charge in [0.25, 0.3) is 11.8 Å². The number of rotatable bonds is 4. The molecule has 0 aliphatic rings. The van der Waals surface area contributed by atoms with Crippen LogP contribution in [0.3, 0.4) is 0 Å². The van der Waals surface area contributed by atoms with Crippen LogP contribution in [-0.2, 0) is 0 Å². The van der Waals surface area contributed by atoms with Gasteiger partial charge >= 0.3 is 0 Å². The monoisotopic (exact) mass is 333 g/mol. The van der Waals surface area contributed by atoms with Gasteiger partial charge in [-0.05, 0) is 48.5 Å². The average molecular weight is 333 g/mol. The van der Waals surface area contributed by atoms with E-state index >= 15 is 0 Å². The van der Waals surface area contributed by atoms with Crippen molar-refractivity contribution in [3.8, 4) is 11.5 Å². The number of carbonyl (C=O) groups is 2. The molecule has 0 unspecified atom stereocenters. The molecule has 0 radical (unpaired) electrons. The van der Waals surface area contributed by atoms with E-state index in [0.717, 1.165) is 0 Å². The molecule has 3 rings (SSSR count). The zero-order valence-corrected chi connectivity index (χ0v) is 13.2. The number of nitrogens with one attached hydrogen (secondary N) is 2. The zero-order chi connectivity index (χ0) is 17.5. The highest BCUT2D eigenvalue weighted by molar-refractivity contribution is 5.99. The Bertz CT molecular complexity index is 850. The summed E-state index contributed by atoms with van der Waals surface area (Å²) in [7, 11) is 0. The van der Waals surface area contributed by atoms with Gasteiger partial charge in [-0.25, -0.2) is 0 Å². The smallest absolute Gasteiger partial charge is 0.269 e. The van der Waals surface area contributed by atoms with Crippen LogP contribution in [0.1, 0.15) is 20.7 Å². The SMILES string of the molecule is O=C(NNC(=O)c1ccc(Oc2ccccc2)cc1)c1ccncc1. The van der Waals surface area contributed by atoms with Crippen LogP contribution in [0.5, 0.6) is 11.5 Å². The van der Waals surface area contributed by atoms with Crippen LogP contribution in [0.4, 0.5) is 0 Å². The molecular formula is C19H15N3O3. The molecule has 6 nitrogen and oxygen atoms in total. The molecule has 0 atom stereocenters. The van der Waals surface area contributed by atoms with E-state index in [9.17, 15) is 9.59 Å². The fourth-order valence-electron chi connectivity index (χ4n) is 2.06. The van der Waals surface area contributed by atoms with Crippen molar-refractivity contribution < 1.29 is 14.3 Å². The minimum absolute atomic E-state index is 0.399. The van der Waals surface area contributed by atoms with E-state index in [1.165, 1.54) is 12.4 Å². The standard InChI is InChI=1S/C19H15N3O3/c23-18(21-22-19(24)15-10-12-20-13-11-15)14-6-8-17(9-7-14)25-16-4-2-1-3-5-16/h1-13H,(H,21,23)(H,22,24). The van der Waals surface area contributed by atoms with Crippen molar-refractivity contribution in [2.24, 2.45) is 0 Å². The number of amides is 2. The van der Waals surface area contributed by atoms with Crippen LogP contribution < -0.4 is 15.6 Å². The lowest BCUT2D eigenvalue weighted by Crippen LogP contribution is -2.41. The van der Waals surface area contributed by atoms with Crippen molar-refractivity contribution in [3.05, 3.63) is 90.3 Å². The summed E-state index contributed by atoms with van der Waals surface area (Å²) in [4.78, 5) is 27.8. The number of ether oxygens (including phenoxy) is 1. The van der Waals surface area contributed by atoms with E-state index in [1.54, 1.807) is 36.4 Å². The number of pyridine rings is 1. The molecule has 0 spiro atoms. The largest absolute Gasteiger partial charge is 0.457 e. The first kappa shape index (κ1) is 16.2. The van der Waals surface area contributed by atoms with Crippen LogP contribution in [0.15, 0.2) is 79.1 Å². The van der Waals surface area contributed by atoms with Crippen LogP contribution in [-0.4, -0.2) is 16.8 Å². The predicted octanol–water partition coefficient (Wildman–Crippen LogP) is 2.95. The summed E-state index contributed by atoms with van der Waals surface area (Å²) in [6, 6.07) is 19.1. The Balaban J connectivity index is 1.56. The van der Waals surface area contributed by atoms with Crippen molar-refractivity contribution in [1.29, 1.82) is 0 Å². The Kier molecular flexibility index (Phi) is 5.01. The highest BCUT2D eigenvalue weighted by atomic mass is 16.5. The minimum Gasteiger partial charge on any atom is -0.457 e.